The molecular weight excluding hydrogens is 444 g/mol. The SMILES string of the molecule is c1ccc(-c2ccc3cc(-c4ccc(-c5cccc6c5sc5ncccc56)nc4)ccc3c2)cc1. The molecule has 7 rings (SSSR count). The Labute approximate surface area is 207 Å². The Morgan fingerprint density at radius 2 is 1.26 bits per heavy atom. The van der Waals surface area contributed by atoms with Crippen LogP contribution in [-0.2, 0) is 0 Å². The van der Waals surface area contributed by atoms with Gasteiger partial charge < -0.3 is 0 Å². The van der Waals surface area contributed by atoms with Crippen LogP contribution in [-0.4, -0.2) is 9.97 Å². The highest BCUT2D eigenvalue weighted by atomic mass is 32.1. The summed E-state index contributed by atoms with van der Waals surface area (Å²) >= 11 is 1.73. The number of fused-ring (bicyclic) bond motifs is 4. The summed E-state index contributed by atoms with van der Waals surface area (Å²) in [6.07, 6.45) is 3.84. The van der Waals surface area contributed by atoms with Crippen LogP contribution >= 0.6 is 11.3 Å². The second kappa shape index (κ2) is 8.15. The number of hydrogen-bond acceptors (Lipinski definition) is 3. The fraction of sp³-hybridized carbons (Fsp3) is 0. The van der Waals surface area contributed by atoms with E-state index in [1.165, 1.54) is 42.9 Å². The summed E-state index contributed by atoms with van der Waals surface area (Å²) in [6.45, 7) is 0. The number of rotatable bonds is 3. The van der Waals surface area contributed by atoms with E-state index in [2.05, 4.69) is 108 Å². The zero-order valence-corrected chi connectivity index (χ0v) is 19.7. The topological polar surface area (TPSA) is 25.8 Å². The molecule has 0 amide bonds. The molecule has 0 radical (unpaired) electrons. The van der Waals surface area contributed by atoms with Gasteiger partial charge in [0.2, 0.25) is 0 Å². The summed E-state index contributed by atoms with van der Waals surface area (Å²) in [5, 5.41) is 4.92. The first kappa shape index (κ1) is 20.1. The monoisotopic (exact) mass is 464 g/mol. The van der Waals surface area contributed by atoms with Crippen molar-refractivity contribution >= 4 is 42.4 Å². The maximum atomic E-state index is 4.87. The van der Waals surface area contributed by atoms with Gasteiger partial charge in [0.25, 0.3) is 0 Å². The van der Waals surface area contributed by atoms with Crippen molar-refractivity contribution in [3.05, 3.63) is 122 Å². The van der Waals surface area contributed by atoms with Crippen molar-refractivity contribution in [1.82, 2.24) is 9.97 Å². The van der Waals surface area contributed by atoms with Crippen LogP contribution in [0.1, 0.15) is 0 Å². The summed E-state index contributed by atoms with van der Waals surface area (Å²) in [5.74, 6) is 0. The molecule has 0 aliphatic carbocycles. The van der Waals surface area contributed by atoms with Gasteiger partial charge in [0.15, 0.2) is 0 Å². The molecule has 0 saturated heterocycles. The van der Waals surface area contributed by atoms with Crippen LogP contribution in [0.25, 0.3) is 64.6 Å². The van der Waals surface area contributed by atoms with E-state index in [1.54, 1.807) is 11.3 Å². The molecule has 0 atom stereocenters. The quantitative estimate of drug-likeness (QED) is 0.261. The van der Waals surface area contributed by atoms with E-state index >= 15 is 0 Å². The van der Waals surface area contributed by atoms with Gasteiger partial charge in [-0.15, -0.1) is 11.3 Å². The molecule has 7 aromatic rings. The van der Waals surface area contributed by atoms with Crippen LogP contribution in [0.5, 0.6) is 0 Å². The minimum Gasteiger partial charge on any atom is -0.256 e. The lowest BCUT2D eigenvalue weighted by atomic mass is 9.98. The number of benzene rings is 4. The highest BCUT2D eigenvalue weighted by molar-refractivity contribution is 7.26. The average molecular weight is 465 g/mol. The lowest BCUT2D eigenvalue weighted by Gasteiger charge is -2.08. The molecule has 0 spiro atoms. The van der Waals surface area contributed by atoms with Crippen molar-refractivity contribution in [2.75, 3.05) is 0 Å². The number of thiophene rings is 1. The number of hydrogen-bond donors (Lipinski definition) is 0. The molecule has 3 heteroatoms. The molecule has 3 aromatic heterocycles. The number of nitrogens with zero attached hydrogens (tertiary/aromatic N) is 2. The predicted octanol–water partition coefficient (Wildman–Crippen LogP) is 9.00. The normalized spacial score (nSPS) is 11.4. The molecular formula is C32H20N2S. The molecule has 0 N–H and O–H groups in total. The van der Waals surface area contributed by atoms with Crippen molar-refractivity contribution < 1.29 is 0 Å². The lowest BCUT2D eigenvalue weighted by molar-refractivity contribution is 1.33. The van der Waals surface area contributed by atoms with Crippen molar-refractivity contribution in [3.8, 4) is 33.5 Å². The summed E-state index contributed by atoms with van der Waals surface area (Å²) in [4.78, 5) is 10.5. The number of pyridine rings is 2. The summed E-state index contributed by atoms with van der Waals surface area (Å²) in [6, 6.07) is 38.7. The van der Waals surface area contributed by atoms with Gasteiger partial charge in [0.1, 0.15) is 4.83 Å². The van der Waals surface area contributed by atoms with E-state index in [-0.39, 0.29) is 0 Å². The molecule has 0 fully saturated rings. The third kappa shape index (κ3) is 3.49. The highest BCUT2D eigenvalue weighted by Crippen LogP contribution is 2.38. The zero-order chi connectivity index (χ0) is 23.2. The third-order valence-corrected chi connectivity index (χ3v) is 7.76. The van der Waals surface area contributed by atoms with Gasteiger partial charge in [-0.2, -0.15) is 0 Å². The summed E-state index contributed by atoms with van der Waals surface area (Å²) in [5.41, 5.74) is 6.91. The molecule has 164 valence electrons. The van der Waals surface area contributed by atoms with Gasteiger partial charge in [0, 0.05) is 39.0 Å². The molecule has 0 bridgehead atoms. The largest absolute Gasteiger partial charge is 0.256 e. The maximum absolute atomic E-state index is 4.87. The molecule has 0 saturated carbocycles. The van der Waals surface area contributed by atoms with Crippen LogP contribution in [0.15, 0.2) is 122 Å². The minimum absolute atomic E-state index is 0.985. The Morgan fingerprint density at radius 3 is 2.03 bits per heavy atom. The van der Waals surface area contributed by atoms with E-state index in [0.717, 1.165) is 21.7 Å². The first-order chi connectivity index (χ1) is 17.3. The van der Waals surface area contributed by atoms with Crippen LogP contribution in [0.3, 0.4) is 0 Å². The maximum Gasteiger partial charge on any atom is 0.124 e. The van der Waals surface area contributed by atoms with Crippen molar-refractivity contribution in [1.29, 1.82) is 0 Å². The first-order valence-electron chi connectivity index (χ1n) is 11.7. The van der Waals surface area contributed by atoms with E-state index in [1.807, 2.05) is 18.5 Å². The van der Waals surface area contributed by atoms with E-state index in [4.69, 9.17) is 4.98 Å². The summed E-state index contributed by atoms with van der Waals surface area (Å²) < 4.78 is 1.24. The molecule has 0 aliphatic rings. The van der Waals surface area contributed by atoms with Gasteiger partial charge >= 0.3 is 0 Å². The average Bonchev–Trinajstić information content (AvgIpc) is 3.32. The highest BCUT2D eigenvalue weighted by Gasteiger charge is 2.12. The van der Waals surface area contributed by atoms with E-state index in [9.17, 15) is 0 Å². The minimum atomic E-state index is 0.985. The lowest BCUT2D eigenvalue weighted by Crippen LogP contribution is -1.86. The van der Waals surface area contributed by atoms with Crippen LogP contribution in [0, 0.1) is 0 Å². The zero-order valence-electron chi connectivity index (χ0n) is 18.8. The molecule has 0 aliphatic heterocycles. The molecule has 2 nitrogen and oxygen atoms in total. The van der Waals surface area contributed by atoms with E-state index in [0.29, 0.717) is 0 Å². The standard InChI is InChI=1S/C32H20N2S/c1-2-6-21(7-3-1)22-11-12-24-19-25(14-13-23(24)18-22)26-15-16-30(34-20-26)29-9-4-8-27-28-10-5-17-33-32(28)35-31(27)29/h1-20H. The second-order valence-electron chi connectivity index (χ2n) is 8.72. The van der Waals surface area contributed by atoms with Gasteiger partial charge in [-0.1, -0.05) is 78.9 Å². The van der Waals surface area contributed by atoms with E-state index < -0.39 is 0 Å². The molecule has 3 heterocycles. The fourth-order valence-electron chi connectivity index (χ4n) is 4.79. The Bertz CT molecular complexity index is 1830. The Kier molecular flexibility index (Phi) is 4.68. The third-order valence-electron chi connectivity index (χ3n) is 6.60. The first-order valence-corrected chi connectivity index (χ1v) is 12.5. The predicted molar refractivity (Wildman–Crippen MR) is 149 cm³/mol. The van der Waals surface area contributed by atoms with Crippen molar-refractivity contribution in [2.24, 2.45) is 0 Å². The van der Waals surface area contributed by atoms with Crippen LogP contribution in [0.2, 0.25) is 0 Å². The molecule has 35 heavy (non-hydrogen) atoms. The smallest absolute Gasteiger partial charge is 0.124 e. The van der Waals surface area contributed by atoms with Gasteiger partial charge in [-0.05, 0) is 57.8 Å². The fourth-order valence-corrected chi connectivity index (χ4v) is 5.96. The Morgan fingerprint density at radius 1 is 0.514 bits per heavy atom. The van der Waals surface area contributed by atoms with Crippen LogP contribution in [0.4, 0.5) is 0 Å². The number of aromatic nitrogens is 2. The molecule has 0 unspecified atom stereocenters. The Hall–Kier alpha value is -4.34. The Balaban J connectivity index is 1.25. The summed E-state index contributed by atoms with van der Waals surface area (Å²) in [7, 11) is 0. The van der Waals surface area contributed by atoms with Crippen molar-refractivity contribution in [2.45, 2.75) is 0 Å². The van der Waals surface area contributed by atoms with Crippen molar-refractivity contribution in [3.63, 3.8) is 0 Å². The van der Waals surface area contributed by atoms with Gasteiger partial charge in [-0.25, -0.2) is 4.98 Å². The van der Waals surface area contributed by atoms with Gasteiger partial charge in [-0.3, -0.25) is 4.98 Å². The second-order valence-corrected chi connectivity index (χ2v) is 9.71. The van der Waals surface area contributed by atoms with Crippen LogP contribution < -0.4 is 0 Å². The molecule has 4 aromatic carbocycles. The van der Waals surface area contributed by atoms with Gasteiger partial charge in [0.05, 0.1) is 5.69 Å².